The van der Waals surface area contributed by atoms with Crippen molar-refractivity contribution in [2.45, 2.75) is 12.8 Å². The lowest BCUT2D eigenvalue weighted by atomic mass is 9.99. The van der Waals surface area contributed by atoms with Gasteiger partial charge in [0.15, 0.2) is 0 Å². The van der Waals surface area contributed by atoms with Gasteiger partial charge in [-0.15, -0.1) is 0 Å². The number of hydrogen-bond acceptors (Lipinski definition) is 4. The molecule has 0 aliphatic carbocycles. The smallest absolute Gasteiger partial charge is 0.236 e. The van der Waals surface area contributed by atoms with Crippen LogP contribution < -0.4 is 4.74 Å². The van der Waals surface area contributed by atoms with Gasteiger partial charge in [-0.2, -0.15) is 0 Å². The zero-order valence-corrected chi connectivity index (χ0v) is 13.9. The molecule has 2 fully saturated rings. The highest BCUT2D eigenvalue weighted by molar-refractivity contribution is 5.78. The van der Waals surface area contributed by atoms with Crippen molar-refractivity contribution < 1.29 is 14.3 Å². The summed E-state index contributed by atoms with van der Waals surface area (Å²) in [6.07, 6.45) is 2.13. The van der Waals surface area contributed by atoms with E-state index in [1.54, 1.807) is 7.11 Å². The van der Waals surface area contributed by atoms with Gasteiger partial charge in [-0.1, -0.05) is 12.1 Å². The Kier molecular flexibility index (Phi) is 5.51. The molecule has 1 aromatic rings. The molecule has 1 unspecified atom stereocenters. The standard InChI is InChI=1S/C18H26N2O3/c1-22-17-4-2-15(3-5-17)12-16-6-7-20(13-16)18(21)14-19-8-10-23-11-9-19/h2-5,16H,6-14H2,1H3. The molecule has 0 N–H and O–H groups in total. The quantitative estimate of drug-likeness (QED) is 0.823. The summed E-state index contributed by atoms with van der Waals surface area (Å²) >= 11 is 0. The predicted octanol–water partition coefficient (Wildman–Crippen LogP) is 1.42. The van der Waals surface area contributed by atoms with Gasteiger partial charge in [0.2, 0.25) is 5.91 Å². The van der Waals surface area contributed by atoms with E-state index in [2.05, 4.69) is 17.0 Å². The first-order valence-corrected chi connectivity index (χ1v) is 8.45. The lowest BCUT2D eigenvalue weighted by Gasteiger charge is -2.28. The molecule has 0 aromatic heterocycles. The van der Waals surface area contributed by atoms with E-state index in [4.69, 9.17) is 9.47 Å². The zero-order chi connectivity index (χ0) is 16.1. The number of hydrogen-bond donors (Lipinski definition) is 0. The van der Waals surface area contributed by atoms with Gasteiger partial charge in [0.1, 0.15) is 5.75 Å². The molecule has 126 valence electrons. The first-order chi connectivity index (χ1) is 11.2. The second kappa shape index (κ2) is 7.79. The summed E-state index contributed by atoms with van der Waals surface area (Å²) in [6.45, 7) is 5.54. The molecule has 2 aliphatic rings. The van der Waals surface area contributed by atoms with E-state index in [1.165, 1.54) is 5.56 Å². The third-order valence-corrected chi connectivity index (χ3v) is 4.78. The normalized spacial score (nSPS) is 22.3. The fraction of sp³-hybridized carbons (Fsp3) is 0.611. The van der Waals surface area contributed by atoms with E-state index in [1.807, 2.05) is 17.0 Å². The molecule has 2 saturated heterocycles. The maximum atomic E-state index is 12.4. The van der Waals surface area contributed by atoms with Crippen LogP contribution in [0.25, 0.3) is 0 Å². The highest BCUT2D eigenvalue weighted by Crippen LogP contribution is 2.22. The lowest BCUT2D eigenvalue weighted by Crippen LogP contribution is -2.44. The first kappa shape index (κ1) is 16.3. The van der Waals surface area contributed by atoms with Gasteiger partial charge in [0.25, 0.3) is 0 Å². The van der Waals surface area contributed by atoms with Crippen molar-refractivity contribution in [2.24, 2.45) is 5.92 Å². The molecule has 0 saturated carbocycles. The van der Waals surface area contributed by atoms with Crippen LogP contribution in [0.5, 0.6) is 5.75 Å². The molecule has 1 aromatic carbocycles. The van der Waals surface area contributed by atoms with Crippen molar-refractivity contribution in [1.29, 1.82) is 0 Å². The van der Waals surface area contributed by atoms with Crippen LogP contribution in [0.3, 0.4) is 0 Å². The second-order valence-corrected chi connectivity index (χ2v) is 6.44. The fourth-order valence-electron chi connectivity index (χ4n) is 3.37. The lowest BCUT2D eigenvalue weighted by molar-refractivity contribution is -0.132. The van der Waals surface area contributed by atoms with Crippen molar-refractivity contribution >= 4 is 5.91 Å². The van der Waals surface area contributed by atoms with Gasteiger partial charge in [0, 0.05) is 26.2 Å². The summed E-state index contributed by atoms with van der Waals surface area (Å²) in [4.78, 5) is 16.7. The van der Waals surface area contributed by atoms with Gasteiger partial charge >= 0.3 is 0 Å². The molecule has 2 heterocycles. The van der Waals surface area contributed by atoms with Gasteiger partial charge in [0.05, 0.1) is 26.9 Å². The van der Waals surface area contributed by atoms with E-state index in [0.29, 0.717) is 12.5 Å². The van der Waals surface area contributed by atoms with Crippen molar-refractivity contribution in [3.05, 3.63) is 29.8 Å². The number of methoxy groups -OCH3 is 1. The average Bonchev–Trinajstić information content (AvgIpc) is 3.05. The summed E-state index contributed by atoms with van der Waals surface area (Å²) in [5, 5.41) is 0. The Labute approximate surface area is 138 Å². The molecule has 0 bridgehead atoms. The predicted molar refractivity (Wildman–Crippen MR) is 88.6 cm³/mol. The number of nitrogens with zero attached hydrogens (tertiary/aromatic N) is 2. The number of benzene rings is 1. The number of carbonyl (C=O) groups is 1. The Morgan fingerprint density at radius 1 is 1.22 bits per heavy atom. The van der Waals surface area contributed by atoms with Crippen molar-refractivity contribution in [1.82, 2.24) is 9.80 Å². The van der Waals surface area contributed by atoms with Crippen LogP contribution in [-0.4, -0.2) is 68.8 Å². The summed E-state index contributed by atoms with van der Waals surface area (Å²) in [5.74, 6) is 1.73. The molecule has 23 heavy (non-hydrogen) atoms. The Hall–Kier alpha value is -1.59. The van der Waals surface area contributed by atoms with E-state index in [-0.39, 0.29) is 5.91 Å². The van der Waals surface area contributed by atoms with Gasteiger partial charge in [-0.25, -0.2) is 0 Å². The van der Waals surface area contributed by atoms with E-state index >= 15 is 0 Å². The van der Waals surface area contributed by atoms with Crippen molar-refractivity contribution in [3.8, 4) is 5.75 Å². The van der Waals surface area contributed by atoms with Crippen LogP contribution in [0.15, 0.2) is 24.3 Å². The number of morpholine rings is 1. The average molecular weight is 318 g/mol. The Balaban J connectivity index is 1.46. The second-order valence-electron chi connectivity index (χ2n) is 6.44. The Bertz CT molecular complexity index is 512. The summed E-state index contributed by atoms with van der Waals surface area (Å²) in [7, 11) is 1.68. The minimum absolute atomic E-state index is 0.268. The van der Waals surface area contributed by atoms with E-state index < -0.39 is 0 Å². The van der Waals surface area contributed by atoms with Gasteiger partial charge < -0.3 is 14.4 Å². The summed E-state index contributed by atoms with van der Waals surface area (Å²) < 4.78 is 10.5. The largest absolute Gasteiger partial charge is 0.497 e. The molecule has 5 heteroatoms. The van der Waals surface area contributed by atoms with Crippen LogP contribution in [0.1, 0.15) is 12.0 Å². The number of amides is 1. The Morgan fingerprint density at radius 2 is 1.96 bits per heavy atom. The summed E-state index contributed by atoms with van der Waals surface area (Å²) in [5.41, 5.74) is 1.32. The number of rotatable bonds is 5. The van der Waals surface area contributed by atoms with Crippen LogP contribution in [0.2, 0.25) is 0 Å². The molecule has 0 radical (unpaired) electrons. The molecular formula is C18H26N2O3. The zero-order valence-electron chi connectivity index (χ0n) is 13.9. The van der Waals surface area contributed by atoms with Crippen molar-refractivity contribution in [3.63, 3.8) is 0 Å². The monoisotopic (exact) mass is 318 g/mol. The molecule has 3 rings (SSSR count). The number of likely N-dealkylation sites (tertiary alicyclic amines) is 1. The van der Waals surface area contributed by atoms with Gasteiger partial charge in [-0.3, -0.25) is 9.69 Å². The molecule has 5 nitrogen and oxygen atoms in total. The third-order valence-electron chi connectivity index (χ3n) is 4.78. The minimum Gasteiger partial charge on any atom is -0.497 e. The molecule has 2 aliphatic heterocycles. The third kappa shape index (κ3) is 4.45. The molecule has 1 amide bonds. The SMILES string of the molecule is COc1ccc(CC2CCN(C(=O)CN3CCOCC3)C2)cc1. The summed E-state index contributed by atoms with van der Waals surface area (Å²) in [6, 6.07) is 8.26. The maximum Gasteiger partial charge on any atom is 0.236 e. The Morgan fingerprint density at radius 3 is 2.65 bits per heavy atom. The first-order valence-electron chi connectivity index (χ1n) is 8.45. The highest BCUT2D eigenvalue weighted by atomic mass is 16.5. The van der Waals surface area contributed by atoms with Crippen LogP contribution in [-0.2, 0) is 16.0 Å². The molecular weight excluding hydrogens is 292 g/mol. The van der Waals surface area contributed by atoms with Crippen LogP contribution in [0.4, 0.5) is 0 Å². The van der Waals surface area contributed by atoms with E-state index in [0.717, 1.165) is 58.0 Å². The molecule has 1 atom stereocenters. The fourth-order valence-corrected chi connectivity index (χ4v) is 3.37. The van der Waals surface area contributed by atoms with Crippen LogP contribution >= 0.6 is 0 Å². The van der Waals surface area contributed by atoms with E-state index in [9.17, 15) is 4.79 Å². The highest BCUT2D eigenvalue weighted by Gasteiger charge is 2.27. The van der Waals surface area contributed by atoms with Gasteiger partial charge in [-0.05, 0) is 36.5 Å². The number of ether oxygens (including phenoxy) is 2. The topological polar surface area (TPSA) is 42.0 Å². The van der Waals surface area contributed by atoms with Crippen LogP contribution in [0, 0.1) is 5.92 Å². The minimum atomic E-state index is 0.268. The van der Waals surface area contributed by atoms with Crippen molar-refractivity contribution in [2.75, 3.05) is 53.0 Å². The maximum absolute atomic E-state index is 12.4. The number of carbonyl (C=O) groups excluding carboxylic acids is 1. The molecule has 0 spiro atoms.